The van der Waals surface area contributed by atoms with Gasteiger partial charge in [0.05, 0.1) is 12.3 Å². The van der Waals surface area contributed by atoms with Crippen LogP contribution in [0.3, 0.4) is 0 Å². The van der Waals surface area contributed by atoms with Crippen LogP contribution in [0, 0.1) is 21.9 Å². The smallest absolute Gasteiger partial charge is 0.248 e. The average Bonchev–Trinajstić information content (AvgIpc) is 2.63. The first-order valence-electron chi connectivity index (χ1n) is 8.82. The Kier molecular flexibility index (Phi) is 7.41. The Balaban J connectivity index is 1.92. The highest BCUT2D eigenvalue weighted by molar-refractivity contribution is 7.71. The third kappa shape index (κ3) is 5.03. The van der Waals surface area contributed by atoms with Crippen molar-refractivity contribution in [3.63, 3.8) is 0 Å². The van der Waals surface area contributed by atoms with Crippen LogP contribution in [0.15, 0.2) is 12.3 Å². The van der Waals surface area contributed by atoms with Crippen LogP contribution >= 0.6 is 12.2 Å². The van der Waals surface area contributed by atoms with E-state index in [0.717, 1.165) is 31.6 Å². The molecule has 1 N–H and O–H groups in total. The SMILES string of the molecule is CCN(CC)C(=O)COCC1CCCN(c2cc[nH]c(=S)c2C#N)C1. The van der Waals surface area contributed by atoms with Crippen molar-refractivity contribution in [1.82, 2.24) is 9.88 Å². The fourth-order valence-corrected chi connectivity index (χ4v) is 3.46. The van der Waals surface area contributed by atoms with Crippen molar-refractivity contribution in [3.8, 4) is 6.07 Å². The number of H-pyrrole nitrogens is 1. The number of carbonyl (C=O) groups is 1. The Bertz CT molecular complexity index is 678. The van der Waals surface area contributed by atoms with Gasteiger partial charge >= 0.3 is 0 Å². The van der Waals surface area contributed by atoms with Crippen LogP contribution in [0.1, 0.15) is 32.3 Å². The van der Waals surface area contributed by atoms with Crippen molar-refractivity contribution in [3.05, 3.63) is 22.5 Å². The molecule has 136 valence electrons. The number of nitrogens with zero attached hydrogens (tertiary/aromatic N) is 3. The number of ether oxygens (including phenoxy) is 1. The van der Waals surface area contributed by atoms with Gasteiger partial charge in [-0.1, -0.05) is 12.2 Å². The van der Waals surface area contributed by atoms with Crippen LogP contribution in [0.5, 0.6) is 0 Å². The Hall–Kier alpha value is -1.91. The summed E-state index contributed by atoms with van der Waals surface area (Å²) in [7, 11) is 0. The molecule has 1 aromatic rings. The lowest BCUT2D eigenvalue weighted by atomic mass is 9.98. The number of aromatic amines is 1. The van der Waals surface area contributed by atoms with Gasteiger partial charge in [-0.3, -0.25) is 4.79 Å². The molecule has 1 amide bonds. The molecule has 1 saturated heterocycles. The number of anilines is 1. The van der Waals surface area contributed by atoms with Gasteiger partial charge in [-0.2, -0.15) is 5.26 Å². The standard InChI is InChI=1S/C18H26N4O2S/c1-3-21(4-2)17(23)13-24-12-14-6-5-9-22(11-14)16-7-8-20-18(25)15(16)10-19/h7-8,14H,3-6,9,11-13H2,1-2H3,(H,20,25). The second-order valence-electron chi connectivity index (χ2n) is 6.21. The normalized spacial score (nSPS) is 17.2. The molecular weight excluding hydrogens is 336 g/mol. The van der Waals surface area contributed by atoms with Gasteiger partial charge in [-0.25, -0.2) is 0 Å². The molecule has 0 bridgehead atoms. The fraction of sp³-hybridized carbons (Fsp3) is 0.611. The Morgan fingerprint density at radius 2 is 2.28 bits per heavy atom. The molecule has 1 fully saturated rings. The maximum Gasteiger partial charge on any atom is 0.248 e. The number of hydrogen-bond donors (Lipinski definition) is 1. The molecule has 0 spiro atoms. The van der Waals surface area contributed by atoms with E-state index in [2.05, 4.69) is 16.0 Å². The van der Waals surface area contributed by atoms with Gasteiger partial charge in [0.25, 0.3) is 0 Å². The quantitative estimate of drug-likeness (QED) is 0.755. The zero-order valence-electron chi connectivity index (χ0n) is 15.0. The first kappa shape index (κ1) is 19.4. The predicted molar refractivity (Wildman–Crippen MR) is 100 cm³/mol. The van der Waals surface area contributed by atoms with Crippen molar-refractivity contribution in [2.45, 2.75) is 26.7 Å². The van der Waals surface area contributed by atoms with Gasteiger partial charge in [0.15, 0.2) is 0 Å². The molecule has 0 aliphatic carbocycles. The number of hydrogen-bond acceptors (Lipinski definition) is 5. The van der Waals surface area contributed by atoms with Crippen molar-refractivity contribution in [1.29, 1.82) is 5.26 Å². The summed E-state index contributed by atoms with van der Waals surface area (Å²) in [5.74, 6) is 0.390. The average molecular weight is 362 g/mol. The second kappa shape index (κ2) is 9.54. The number of nitriles is 1. The van der Waals surface area contributed by atoms with Crippen LogP contribution in [0.2, 0.25) is 0 Å². The monoisotopic (exact) mass is 362 g/mol. The summed E-state index contributed by atoms with van der Waals surface area (Å²) in [4.78, 5) is 18.9. The molecule has 2 rings (SSSR count). The van der Waals surface area contributed by atoms with Crippen molar-refractivity contribution < 1.29 is 9.53 Å². The summed E-state index contributed by atoms with van der Waals surface area (Å²) in [5, 5.41) is 9.37. The highest BCUT2D eigenvalue weighted by Gasteiger charge is 2.23. The number of aromatic nitrogens is 1. The number of carbonyl (C=O) groups excluding carboxylic acids is 1. The van der Waals surface area contributed by atoms with Gasteiger partial charge < -0.3 is 19.5 Å². The largest absolute Gasteiger partial charge is 0.371 e. The minimum Gasteiger partial charge on any atom is -0.371 e. The number of nitrogens with one attached hydrogen (secondary N) is 1. The number of pyridine rings is 1. The predicted octanol–water partition coefficient (Wildman–Crippen LogP) is 2.72. The highest BCUT2D eigenvalue weighted by atomic mass is 32.1. The third-order valence-corrected chi connectivity index (χ3v) is 4.93. The lowest BCUT2D eigenvalue weighted by Crippen LogP contribution is -2.39. The van der Waals surface area contributed by atoms with Gasteiger partial charge in [0.1, 0.15) is 22.9 Å². The lowest BCUT2D eigenvalue weighted by Gasteiger charge is -2.34. The molecule has 0 radical (unpaired) electrons. The van der Waals surface area contributed by atoms with Gasteiger partial charge in [0.2, 0.25) is 5.91 Å². The zero-order chi connectivity index (χ0) is 18.2. The summed E-state index contributed by atoms with van der Waals surface area (Å²) in [6.45, 7) is 7.77. The molecule has 1 aromatic heterocycles. The molecule has 6 nitrogen and oxygen atoms in total. The summed E-state index contributed by atoms with van der Waals surface area (Å²) >= 11 is 5.21. The molecule has 1 unspecified atom stereocenters. The summed E-state index contributed by atoms with van der Waals surface area (Å²) in [5.41, 5.74) is 1.41. The topological polar surface area (TPSA) is 72.4 Å². The van der Waals surface area contributed by atoms with E-state index in [0.29, 0.717) is 35.8 Å². The van der Waals surface area contributed by atoms with Crippen molar-refractivity contribution >= 4 is 23.8 Å². The molecule has 1 aliphatic heterocycles. The van der Waals surface area contributed by atoms with E-state index in [1.807, 2.05) is 19.9 Å². The van der Waals surface area contributed by atoms with Crippen LogP contribution < -0.4 is 4.90 Å². The zero-order valence-corrected chi connectivity index (χ0v) is 15.8. The van der Waals surface area contributed by atoms with Crippen LogP contribution in [0.4, 0.5) is 5.69 Å². The Morgan fingerprint density at radius 3 is 2.96 bits per heavy atom. The fourth-order valence-electron chi connectivity index (χ4n) is 3.24. The van der Waals surface area contributed by atoms with E-state index >= 15 is 0 Å². The number of piperidine rings is 1. The first-order chi connectivity index (χ1) is 12.1. The maximum absolute atomic E-state index is 12.0. The van der Waals surface area contributed by atoms with Crippen molar-refractivity contribution in [2.75, 3.05) is 44.3 Å². The van der Waals surface area contributed by atoms with E-state index in [1.54, 1.807) is 11.1 Å². The Labute approximate surface area is 154 Å². The molecule has 25 heavy (non-hydrogen) atoms. The number of rotatable bonds is 7. The number of amides is 1. The van der Waals surface area contributed by atoms with Crippen LogP contribution in [0.25, 0.3) is 0 Å². The summed E-state index contributed by atoms with van der Waals surface area (Å²) in [6, 6.07) is 4.11. The molecule has 2 heterocycles. The van der Waals surface area contributed by atoms with E-state index in [9.17, 15) is 10.1 Å². The van der Waals surface area contributed by atoms with Crippen LogP contribution in [-0.4, -0.2) is 55.2 Å². The maximum atomic E-state index is 12.0. The first-order valence-corrected chi connectivity index (χ1v) is 9.23. The van der Waals surface area contributed by atoms with E-state index in [4.69, 9.17) is 17.0 Å². The molecule has 7 heteroatoms. The summed E-state index contributed by atoms with van der Waals surface area (Å²) in [6.07, 6.45) is 3.88. The van der Waals surface area contributed by atoms with Gasteiger partial charge in [0, 0.05) is 32.4 Å². The summed E-state index contributed by atoms with van der Waals surface area (Å²) < 4.78 is 6.15. The Morgan fingerprint density at radius 1 is 1.52 bits per heavy atom. The lowest BCUT2D eigenvalue weighted by molar-refractivity contribution is -0.136. The van der Waals surface area contributed by atoms with E-state index in [1.165, 1.54) is 0 Å². The third-order valence-electron chi connectivity index (χ3n) is 4.61. The highest BCUT2D eigenvalue weighted by Crippen LogP contribution is 2.26. The number of likely N-dealkylation sites (N-methyl/N-ethyl adjacent to an activating group) is 1. The molecule has 0 saturated carbocycles. The second-order valence-corrected chi connectivity index (χ2v) is 6.62. The minimum absolute atomic E-state index is 0.0405. The molecule has 1 atom stereocenters. The molecule has 0 aromatic carbocycles. The van der Waals surface area contributed by atoms with Crippen molar-refractivity contribution in [2.24, 2.45) is 5.92 Å². The van der Waals surface area contributed by atoms with Gasteiger partial charge in [-0.05, 0) is 38.7 Å². The minimum atomic E-state index is 0.0405. The van der Waals surface area contributed by atoms with Gasteiger partial charge in [-0.15, -0.1) is 0 Å². The van der Waals surface area contributed by atoms with Crippen LogP contribution in [-0.2, 0) is 9.53 Å². The van der Waals surface area contributed by atoms with E-state index in [-0.39, 0.29) is 12.5 Å². The molecular formula is C18H26N4O2S. The molecule has 1 aliphatic rings. The van der Waals surface area contributed by atoms with E-state index < -0.39 is 0 Å².